The van der Waals surface area contributed by atoms with Crippen LogP contribution in [0, 0.1) is 8.80 Å². The first kappa shape index (κ1) is 12.6. The van der Waals surface area contributed by atoms with Crippen LogP contribution >= 0.6 is 45.5 Å². The molecule has 0 aliphatic carbocycles. The summed E-state index contributed by atoms with van der Waals surface area (Å²) in [5.74, 6) is 1.48. The summed E-state index contributed by atoms with van der Waals surface area (Å²) in [6.07, 6.45) is 2.08. The second kappa shape index (κ2) is 5.69. The van der Waals surface area contributed by atoms with Gasteiger partial charge in [-0.2, -0.15) is 0 Å². The Kier molecular flexibility index (Phi) is 4.49. The first-order valence-electron chi connectivity index (χ1n) is 5.30. The SMILES string of the molecule is O=C(c1csc(I)c1)N1CCC(CCl)CC1. The van der Waals surface area contributed by atoms with Crippen LogP contribution in [0.3, 0.4) is 0 Å². The molecule has 0 N–H and O–H groups in total. The van der Waals surface area contributed by atoms with E-state index in [0.717, 1.165) is 40.3 Å². The van der Waals surface area contributed by atoms with Crippen LogP contribution in [-0.4, -0.2) is 29.8 Å². The monoisotopic (exact) mass is 369 g/mol. The molecule has 1 aliphatic rings. The molecule has 1 amide bonds. The highest BCUT2D eigenvalue weighted by Crippen LogP contribution is 2.22. The van der Waals surface area contributed by atoms with Crippen molar-refractivity contribution >= 4 is 51.4 Å². The molecule has 16 heavy (non-hydrogen) atoms. The molecule has 88 valence electrons. The molecule has 1 aliphatic heterocycles. The van der Waals surface area contributed by atoms with E-state index in [1.54, 1.807) is 11.3 Å². The number of amides is 1. The van der Waals surface area contributed by atoms with E-state index in [4.69, 9.17) is 11.6 Å². The number of rotatable bonds is 2. The Bertz CT molecular complexity index is 374. The van der Waals surface area contributed by atoms with Crippen LogP contribution in [0.15, 0.2) is 11.4 Å². The number of carbonyl (C=O) groups excluding carboxylic acids is 1. The highest BCUT2D eigenvalue weighted by atomic mass is 127. The highest BCUT2D eigenvalue weighted by Gasteiger charge is 2.23. The third-order valence-corrected chi connectivity index (χ3v) is 5.16. The summed E-state index contributed by atoms with van der Waals surface area (Å²) in [6.45, 7) is 1.70. The molecule has 2 nitrogen and oxygen atoms in total. The second-order valence-corrected chi connectivity index (χ2v) is 7.14. The van der Waals surface area contributed by atoms with E-state index in [9.17, 15) is 4.79 Å². The van der Waals surface area contributed by atoms with Gasteiger partial charge >= 0.3 is 0 Å². The molecule has 0 radical (unpaired) electrons. The van der Waals surface area contributed by atoms with Crippen molar-refractivity contribution in [3.63, 3.8) is 0 Å². The molecular weight excluding hydrogens is 357 g/mol. The lowest BCUT2D eigenvalue weighted by Gasteiger charge is -2.30. The molecule has 0 atom stereocenters. The zero-order valence-electron chi connectivity index (χ0n) is 8.79. The minimum atomic E-state index is 0.173. The van der Waals surface area contributed by atoms with Gasteiger partial charge in [-0.3, -0.25) is 4.79 Å². The van der Waals surface area contributed by atoms with Crippen LogP contribution in [0.2, 0.25) is 0 Å². The fourth-order valence-corrected chi connectivity index (χ4v) is 3.52. The van der Waals surface area contributed by atoms with Gasteiger partial charge in [0.25, 0.3) is 5.91 Å². The zero-order valence-corrected chi connectivity index (χ0v) is 12.5. The molecule has 1 fully saturated rings. The second-order valence-electron chi connectivity index (χ2n) is 4.03. The summed E-state index contributed by atoms with van der Waals surface area (Å²) < 4.78 is 1.16. The minimum Gasteiger partial charge on any atom is -0.339 e. The summed E-state index contributed by atoms with van der Waals surface area (Å²) >= 11 is 9.69. The summed E-state index contributed by atoms with van der Waals surface area (Å²) in [5, 5.41) is 1.94. The lowest BCUT2D eigenvalue weighted by molar-refractivity contribution is 0.0699. The molecule has 1 aromatic heterocycles. The van der Waals surface area contributed by atoms with Gasteiger partial charge in [0.1, 0.15) is 0 Å². The quantitative estimate of drug-likeness (QED) is 0.578. The summed E-state index contributed by atoms with van der Waals surface area (Å²) in [7, 11) is 0. The number of hydrogen-bond acceptors (Lipinski definition) is 2. The average molecular weight is 370 g/mol. The number of alkyl halides is 1. The predicted octanol–water partition coefficient (Wildman–Crippen LogP) is 3.44. The van der Waals surface area contributed by atoms with E-state index in [2.05, 4.69) is 22.6 Å². The Balaban J connectivity index is 1.96. The number of piperidine rings is 1. The Morgan fingerprint density at radius 2 is 2.25 bits per heavy atom. The zero-order chi connectivity index (χ0) is 11.5. The third-order valence-electron chi connectivity index (χ3n) is 2.93. The normalized spacial score (nSPS) is 17.8. The molecule has 0 spiro atoms. The Labute approximate surface area is 118 Å². The van der Waals surface area contributed by atoms with Crippen molar-refractivity contribution in [3.8, 4) is 0 Å². The van der Waals surface area contributed by atoms with Gasteiger partial charge in [-0.1, -0.05) is 0 Å². The molecule has 0 unspecified atom stereocenters. The van der Waals surface area contributed by atoms with Crippen LogP contribution in [0.1, 0.15) is 23.2 Å². The molecule has 0 saturated carbocycles. The van der Waals surface area contributed by atoms with Gasteiger partial charge in [0.2, 0.25) is 0 Å². The van der Waals surface area contributed by atoms with Crippen LogP contribution in [-0.2, 0) is 0 Å². The molecule has 0 bridgehead atoms. The number of nitrogens with zero attached hydrogens (tertiary/aromatic N) is 1. The summed E-state index contributed by atoms with van der Waals surface area (Å²) in [5.41, 5.74) is 0.832. The van der Waals surface area contributed by atoms with Gasteiger partial charge in [0.05, 0.1) is 8.45 Å². The topological polar surface area (TPSA) is 20.3 Å². The van der Waals surface area contributed by atoms with E-state index >= 15 is 0 Å². The molecule has 5 heteroatoms. The lowest BCUT2D eigenvalue weighted by atomic mass is 9.98. The Morgan fingerprint density at radius 1 is 1.56 bits per heavy atom. The first-order chi connectivity index (χ1) is 7.70. The van der Waals surface area contributed by atoms with Crippen molar-refractivity contribution in [2.45, 2.75) is 12.8 Å². The fraction of sp³-hybridized carbons (Fsp3) is 0.545. The van der Waals surface area contributed by atoms with Gasteiger partial charge in [0.15, 0.2) is 0 Å². The van der Waals surface area contributed by atoms with Crippen LogP contribution < -0.4 is 0 Å². The number of hydrogen-bond donors (Lipinski definition) is 0. The lowest BCUT2D eigenvalue weighted by Crippen LogP contribution is -2.38. The van der Waals surface area contributed by atoms with Crippen molar-refractivity contribution in [1.29, 1.82) is 0 Å². The fourth-order valence-electron chi connectivity index (χ4n) is 1.90. The van der Waals surface area contributed by atoms with E-state index in [0.29, 0.717) is 5.92 Å². The maximum atomic E-state index is 12.1. The number of thiophene rings is 1. The van der Waals surface area contributed by atoms with Gasteiger partial charge in [-0.15, -0.1) is 22.9 Å². The largest absolute Gasteiger partial charge is 0.339 e. The van der Waals surface area contributed by atoms with Crippen LogP contribution in [0.25, 0.3) is 0 Å². The third kappa shape index (κ3) is 2.90. The Morgan fingerprint density at radius 3 is 2.75 bits per heavy atom. The maximum absolute atomic E-state index is 12.1. The van der Waals surface area contributed by atoms with Crippen molar-refractivity contribution in [1.82, 2.24) is 4.90 Å². The van der Waals surface area contributed by atoms with E-state index in [1.165, 1.54) is 0 Å². The minimum absolute atomic E-state index is 0.173. The molecule has 0 aromatic carbocycles. The molecule has 2 heterocycles. The van der Waals surface area contributed by atoms with Crippen LogP contribution in [0.4, 0.5) is 0 Å². The van der Waals surface area contributed by atoms with Gasteiger partial charge in [-0.25, -0.2) is 0 Å². The number of carbonyl (C=O) groups is 1. The predicted molar refractivity (Wildman–Crippen MR) is 76.4 cm³/mol. The van der Waals surface area contributed by atoms with E-state index in [1.807, 2.05) is 16.3 Å². The van der Waals surface area contributed by atoms with Crippen molar-refractivity contribution in [2.24, 2.45) is 5.92 Å². The van der Waals surface area contributed by atoms with E-state index < -0.39 is 0 Å². The molecule has 2 rings (SSSR count). The molecule has 1 saturated heterocycles. The summed E-state index contributed by atoms with van der Waals surface area (Å²) in [6, 6.07) is 1.96. The maximum Gasteiger partial charge on any atom is 0.254 e. The smallest absolute Gasteiger partial charge is 0.254 e. The molecule has 1 aromatic rings. The van der Waals surface area contributed by atoms with Crippen molar-refractivity contribution < 1.29 is 4.79 Å². The average Bonchev–Trinajstić information content (AvgIpc) is 2.75. The van der Waals surface area contributed by atoms with Crippen molar-refractivity contribution in [3.05, 3.63) is 19.9 Å². The van der Waals surface area contributed by atoms with Gasteiger partial charge < -0.3 is 4.90 Å². The standard InChI is InChI=1S/C11H13ClINOS/c12-6-8-1-3-14(4-2-8)11(15)9-5-10(13)16-7-9/h5,7-8H,1-4,6H2. The van der Waals surface area contributed by atoms with Gasteiger partial charge in [0, 0.05) is 24.3 Å². The van der Waals surface area contributed by atoms with Gasteiger partial charge in [-0.05, 0) is 47.4 Å². The molecular formula is C11H13ClINOS. The van der Waals surface area contributed by atoms with Crippen molar-refractivity contribution in [2.75, 3.05) is 19.0 Å². The first-order valence-corrected chi connectivity index (χ1v) is 7.79. The number of likely N-dealkylation sites (tertiary alicyclic amines) is 1. The number of halogens is 2. The van der Waals surface area contributed by atoms with Crippen LogP contribution in [0.5, 0.6) is 0 Å². The highest BCUT2D eigenvalue weighted by molar-refractivity contribution is 14.1. The van der Waals surface area contributed by atoms with E-state index in [-0.39, 0.29) is 5.91 Å². The Hall–Kier alpha value is 0.190. The summed E-state index contributed by atoms with van der Waals surface area (Å²) in [4.78, 5) is 14.0.